The lowest BCUT2D eigenvalue weighted by Crippen LogP contribution is -2.63. The maximum absolute atomic E-state index is 12.7. The number of aryl methyl sites for hydroxylation is 1. The Hall–Kier alpha value is -2.33. The minimum Gasteiger partial charge on any atom is -0.479 e. The quantitative estimate of drug-likeness (QED) is 0.713. The second-order valence-corrected chi connectivity index (χ2v) is 4.39. The summed E-state index contributed by atoms with van der Waals surface area (Å²) >= 11 is 0. The number of urea groups is 1. The number of carbonyl (C=O) groups excluding carboxylic acids is 1. The third-order valence-electron chi connectivity index (χ3n) is 2.64. The highest BCUT2D eigenvalue weighted by Crippen LogP contribution is 2.30. The molecule has 1 aromatic heterocycles. The van der Waals surface area contributed by atoms with Crippen molar-refractivity contribution >= 4 is 12.0 Å². The summed E-state index contributed by atoms with van der Waals surface area (Å²) in [5, 5.41) is 16.1. The lowest BCUT2D eigenvalue weighted by molar-refractivity contribution is -0.203. The van der Waals surface area contributed by atoms with E-state index in [9.17, 15) is 22.8 Å². The van der Waals surface area contributed by atoms with Crippen LogP contribution in [0.25, 0.3) is 0 Å². The molecule has 0 aliphatic carbocycles. The van der Waals surface area contributed by atoms with Gasteiger partial charge in [0.15, 0.2) is 5.82 Å². The molecule has 1 heterocycles. The molecule has 0 spiro atoms. The Labute approximate surface area is 117 Å². The van der Waals surface area contributed by atoms with Gasteiger partial charge in [0.25, 0.3) is 0 Å². The van der Waals surface area contributed by atoms with Crippen molar-refractivity contribution < 1.29 is 27.9 Å². The molecule has 21 heavy (non-hydrogen) atoms. The van der Waals surface area contributed by atoms with E-state index in [-0.39, 0.29) is 13.0 Å². The summed E-state index contributed by atoms with van der Waals surface area (Å²) < 4.78 is 39.4. The molecule has 118 valence electrons. The number of carboxylic acid groups (broad SMARTS) is 1. The van der Waals surface area contributed by atoms with Crippen LogP contribution in [0, 0.1) is 0 Å². The fraction of sp³-hybridized carbons (Fsp3) is 0.600. The maximum Gasteiger partial charge on any atom is 0.422 e. The summed E-state index contributed by atoms with van der Waals surface area (Å²) in [6.07, 6.45) is -3.50. The fourth-order valence-electron chi connectivity index (χ4n) is 1.30. The molecule has 0 radical (unpaired) electrons. The van der Waals surface area contributed by atoms with E-state index in [1.165, 1.54) is 16.3 Å². The van der Waals surface area contributed by atoms with Gasteiger partial charge >= 0.3 is 18.2 Å². The Morgan fingerprint density at radius 1 is 1.43 bits per heavy atom. The molecule has 1 aromatic rings. The van der Waals surface area contributed by atoms with Crippen LogP contribution in [-0.2, 0) is 18.3 Å². The summed E-state index contributed by atoms with van der Waals surface area (Å²) in [7, 11) is 1.64. The second-order valence-electron chi connectivity index (χ2n) is 4.39. The van der Waals surface area contributed by atoms with Crippen LogP contribution < -0.4 is 10.6 Å². The van der Waals surface area contributed by atoms with Crippen molar-refractivity contribution in [2.75, 3.05) is 6.54 Å². The van der Waals surface area contributed by atoms with Crippen LogP contribution >= 0.6 is 0 Å². The molecule has 0 saturated carbocycles. The third-order valence-corrected chi connectivity index (χ3v) is 2.64. The van der Waals surface area contributed by atoms with Crippen molar-refractivity contribution in [2.45, 2.75) is 25.1 Å². The van der Waals surface area contributed by atoms with Crippen LogP contribution in [0.3, 0.4) is 0 Å². The molecule has 3 N–H and O–H groups in total. The van der Waals surface area contributed by atoms with Gasteiger partial charge in [-0.05, 0) is 6.92 Å². The van der Waals surface area contributed by atoms with E-state index < -0.39 is 23.7 Å². The molecule has 1 atom stereocenters. The summed E-state index contributed by atoms with van der Waals surface area (Å²) in [5.74, 6) is -1.80. The largest absolute Gasteiger partial charge is 0.479 e. The van der Waals surface area contributed by atoms with Crippen molar-refractivity contribution in [3.8, 4) is 0 Å². The molecular weight excluding hydrogens is 295 g/mol. The maximum atomic E-state index is 12.7. The highest BCUT2D eigenvalue weighted by molar-refractivity contribution is 5.86. The number of amides is 2. The molecule has 0 fully saturated rings. The predicted molar refractivity (Wildman–Crippen MR) is 63.3 cm³/mol. The van der Waals surface area contributed by atoms with Crippen molar-refractivity contribution in [3.63, 3.8) is 0 Å². The van der Waals surface area contributed by atoms with E-state index in [2.05, 4.69) is 15.4 Å². The van der Waals surface area contributed by atoms with Crippen LogP contribution in [-0.4, -0.2) is 50.1 Å². The molecule has 0 aliphatic rings. The number of nitrogens with one attached hydrogen (secondary N) is 2. The Kier molecular flexibility index (Phi) is 4.76. The number of carbonyl (C=O) groups is 2. The standard InChI is InChI=1S/C10H14F3N5O3/c1-9(7(19)20,10(11,12)13)16-8(21)14-4-3-6-15-5-18(2)17-6/h5H,3-4H2,1-2H3,(H,19,20)(H2,14,16,21). The molecule has 2 amide bonds. The number of hydrogen-bond acceptors (Lipinski definition) is 4. The van der Waals surface area contributed by atoms with E-state index in [4.69, 9.17) is 5.11 Å². The van der Waals surface area contributed by atoms with E-state index in [0.717, 1.165) is 0 Å². The molecule has 0 aromatic carbocycles. The van der Waals surface area contributed by atoms with Crippen molar-refractivity contribution in [1.29, 1.82) is 0 Å². The van der Waals surface area contributed by atoms with Gasteiger partial charge in [0.1, 0.15) is 6.33 Å². The molecule has 0 aliphatic heterocycles. The Morgan fingerprint density at radius 2 is 2.05 bits per heavy atom. The van der Waals surface area contributed by atoms with Crippen LogP contribution in [0.15, 0.2) is 6.33 Å². The van der Waals surface area contributed by atoms with Gasteiger partial charge in [0.05, 0.1) is 0 Å². The minimum atomic E-state index is -5.13. The topological polar surface area (TPSA) is 109 Å². The van der Waals surface area contributed by atoms with Crippen molar-refractivity contribution in [2.24, 2.45) is 7.05 Å². The number of hydrogen-bond donors (Lipinski definition) is 3. The molecule has 1 unspecified atom stereocenters. The number of alkyl halides is 3. The predicted octanol–water partition coefficient (Wildman–Crippen LogP) is 0.0624. The number of aliphatic carboxylic acids is 1. The monoisotopic (exact) mass is 309 g/mol. The third kappa shape index (κ3) is 4.07. The average Bonchev–Trinajstić information content (AvgIpc) is 2.73. The van der Waals surface area contributed by atoms with Gasteiger partial charge in [-0.15, -0.1) is 0 Å². The lowest BCUT2D eigenvalue weighted by atomic mass is 10.0. The Bertz CT molecular complexity index is 530. The van der Waals surface area contributed by atoms with Crippen LogP contribution in [0.1, 0.15) is 12.7 Å². The zero-order chi connectivity index (χ0) is 16.3. The SMILES string of the molecule is Cn1cnc(CCNC(=O)NC(C)(C(=O)O)C(F)(F)F)n1. The molecule has 1 rings (SSSR count). The summed E-state index contributed by atoms with van der Waals surface area (Å²) in [6.45, 7) is 0.332. The van der Waals surface area contributed by atoms with Crippen molar-refractivity contribution in [3.05, 3.63) is 12.2 Å². The minimum absolute atomic E-state index is 0.0383. The molecule has 11 heteroatoms. The van der Waals surface area contributed by atoms with Crippen LogP contribution in [0.5, 0.6) is 0 Å². The van der Waals surface area contributed by atoms with Gasteiger partial charge in [0, 0.05) is 20.0 Å². The molecule has 0 bridgehead atoms. The average molecular weight is 309 g/mol. The highest BCUT2D eigenvalue weighted by Gasteiger charge is 2.58. The zero-order valence-electron chi connectivity index (χ0n) is 11.2. The molecular formula is C10H14F3N5O3. The van der Waals surface area contributed by atoms with E-state index in [1.54, 1.807) is 7.05 Å². The lowest BCUT2D eigenvalue weighted by Gasteiger charge is -2.28. The number of carboxylic acids is 1. The molecule has 8 nitrogen and oxygen atoms in total. The van der Waals surface area contributed by atoms with Gasteiger partial charge in [0.2, 0.25) is 5.54 Å². The van der Waals surface area contributed by atoms with E-state index in [1.807, 2.05) is 0 Å². The number of rotatable bonds is 5. The van der Waals surface area contributed by atoms with Gasteiger partial charge in [-0.3, -0.25) is 4.68 Å². The van der Waals surface area contributed by atoms with E-state index >= 15 is 0 Å². The fourth-order valence-corrected chi connectivity index (χ4v) is 1.30. The van der Waals surface area contributed by atoms with Crippen LogP contribution in [0.2, 0.25) is 0 Å². The van der Waals surface area contributed by atoms with Crippen molar-refractivity contribution in [1.82, 2.24) is 25.4 Å². The van der Waals surface area contributed by atoms with Gasteiger partial charge in [-0.1, -0.05) is 0 Å². The number of halogens is 3. The van der Waals surface area contributed by atoms with Gasteiger partial charge in [-0.2, -0.15) is 18.3 Å². The summed E-state index contributed by atoms with van der Waals surface area (Å²) in [4.78, 5) is 26.0. The zero-order valence-corrected chi connectivity index (χ0v) is 11.2. The Morgan fingerprint density at radius 3 is 2.48 bits per heavy atom. The van der Waals surface area contributed by atoms with Crippen LogP contribution in [0.4, 0.5) is 18.0 Å². The van der Waals surface area contributed by atoms with Gasteiger partial charge in [-0.25, -0.2) is 14.6 Å². The van der Waals surface area contributed by atoms with Gasteiger partial charge < -0.3 is 15.7 Å². The normalized spacial score (nSPS) is 14.3. The first-order chi connectivity index (χ1) is 9.56. The highest BCUT2D eigenvalue weighted by atomic mass is 19.4. The summed E-state index contributed by atoms with van der Waals surface area (Å²) in [5.41, 5.74) is -3.36. The van der Waals surface area contributed by atoms with E-state index in [0.29, 0.717) is 12.7 Å². The smallest absolute Gasteiger partial charge is 0.422 e. The first-order valence-electron chi connectivity index (χ1n) is 5.77. The summed E-state index contributed by atoms with van der Waals surface area (Å²) in [6, 6.07) is -1.24. The first kappa shape index (κ1) is 16.7. The second kappa shape index (κ2) is 5.97. The first-order valence-corrected chi connectivity index (χ1v) is 5.77. The number of aromatic nitrogens is 3. The molecule has 0 saturated heterocycles. The number of nitrogens with zero attached hydrogens (tertiary/aromatic N) is 3. The Balaban J connectivity index is 2.54.